The van der Waals surface area contributed by atoms with Crippen LogP contribution in [0.2, 0.25) is 0 Å². The van der Waals surface area contributed by atoms with Crippen LogP contribution in [0, 0.1) is 11.8 Å². The molecule has 1 atom stereocenters. The first-order valence-corrected chi connectivity index (χ1v) is 7.64. The Morgan fingerprint density at radius 3 is 3.20 bits per heavy atom. The Morgan fingerprint density at radius 1 is 1.65 bits per heavy atom. The van der Waals surface area contributed by atoms with Gasteiger partial charge in [-0.3, -0.25) is 4.79 Å². The lowest BCUT2D eigenvalue weighted by molar-refractivity contribution is -0.118. The molecular formula is C15H18N2O2S. The first-order valence-electron chi connectivity index (χ1n) is 6.65. The molecule has 1 aromatic rings. The van der Waals surface area contributed by atoms with E-state index in [1.165, 1.54) is 0 Å². The van der Waals surface area contributed by atoms with Gasteiger partial charge in [0.05, 0.1) is 11.4 Å². The number of pyridine rings is 1. The van der Waals surface area contributed by atoms with Gasteiger partial charge >= 0.3 is 0 Å². The van der Waals surface area contributed by atoms with Crippen LogP contribution in [0.15, 0.2) is 18.3 Å². The number of aliphatic hydroxyl groups excluding tert-OH is 1. The van der Waals surface area contributed by atoms with Crippen molar-refractivity contribution in [2.75, 3.05) is 17.7 Å². The van der Waals surface area contributed by atoms with Gasteiger partial charge in [0.15, 0.2) is 0 Å². The van der Waals surface area contributed by atoms with E-state index in [0.29, 0.717) is 12.2 Å². The average molecular weight is 290 g/mol. The molecule has 2 heterocycles. The second-order valence-electron chi connectivity index (χ2n) is 4.84. The third-order valence-corrected chi connectivity index (χ3v) is 4.69. The first kappa shape index (κ1) is 14.9. The molecule has 0 radical (unpaired) electrons. The molecule has 5 heteroatoms. The minimum atomic E-state index is -0.347. The maximum absolute atomic E-state index is 12.3. The van der Waals surface area contributed by atoms with E-state index in [1.807, 2.05) is 6.92 Å². The highest BCUT2D eigenvalue weighted by molar-refractivity contribution is 8.01. The second-order valence-corrected chi connectivity index (χ2v) is 6.44. The molecule has 2 N–H and O–H groups in total. The van der Waals surface area contributed by atoms with Crippen molar-refractivity contribution in [3.05, 3.63) is 23.9 Å². The van der Waals surface area contributed by atoms with Gasteiger partial charge in [-0.2, -0.15) is 0 Å². The van der Waals surface area contributed by atoms with Gasteiger partial charge in [-0.05, 0) is 37.7 Å². The number of nitrogens with zero attached hydrogens (tertiary/aromatic N) is 1. The van der Waals surface area contributed by atoms with Crippen molar-refractivity contribution in [2.45, 2.75) is 30.9 Å². The number of rotatable bonds is 3. The summed E-state index contributed by atoms with van der Waals surface area (Å²) in [5, 5.41) is 11.6. The van der Waals surface area contributed by atoms with Crippen LogP contribution in [0.5, 0.6) is 0 Å². The number of carbonyl (C=O) groups is 1. The van der Waals surface area contributed by atoms with Crippen LogP contribution >= 0.6 is 11.8 Å². The highest BCUT2D eigenvalue weighted by Crippen LogP contribution is 2.38. The number of thioether (sulfide) groups is 1. The quantitative estimate of drug-likeness (QED) is 0.836. The average Bonchev–Trinajstić information content (AvgIpc) is 2.88. The molecular weight excluding hydrogens is 272 g/mol. The molecule has 1 unspecified atom stereocenters. The minimum absolute atomic E-state index is 0.00738. The fraction of sp³-hybridized carbons (Fsp3) is 0.467. The molecule has 1 aromatic heterocycles. The van der Waals surface area contributed by atoms with Gasteiger partial charge in [0, 0.05) is 18.2 Å². The standard InChI is InChI=1S/C15H18N2O2S/c1-15(7-4-10-20-15)14(19)17-13-11-12(6-8-16-13)5-2-3-9-18/h6,8,11,18H,3-4,7,9-10H2,1H3,(H,16,17,19). The third kappa shape index (κ3) is 3.75. The number of aliphatic hydroxyl groups is 1. The summed E-state index contributed by atoms with van der Waals surface area (Å²) in [6.07, 6.45) is 4.05. The zero-order valence-electron chi connectivity index (χ0n) is 11.5. The molecule has 106 valence electrons. The van der Waals surface area contributed by atoms with Crippen molar-refractivity contribution in [3.8, 4) is 11.8 Å². The largest absolute Gasteiger partial charge is 0.395 e. The molecule has 0 saturated carbocycles. The van der Waals surface area contributed by atoms with Crippen LogP contribution in [0.1, 0.15) is 31.7 Å². The number of aromatic nitrogens is 1. The molecule has 1 saturated heterocycles. The second kappa shape index (κ2) is 6.78. The Bertz CT molecular complexity index is 542. The summed E-state index contributed by atoms with van der Waals surface area (Å²) in [6, 6.07) is 3.54. The fourth-order valence-corrected chi connectivity index (χ4v) is 3.21. The molecule has 0 spiro atoms. The summed E-state index contributed by atoms with van der Waals surface area (Å²) in [4.78, 5) is 16.4. The van der Waals surface area contributed by atoms with Gasteiger partial charge in [0.1, 0.15) is 5.82 Å². The SMILES string of the molecule is CC1(C(=O)Nc2cc(C#CCCO)ccn2)CCCS1. The number of amides is 1. The van der Waals surface area contributed by atoms with Crippen molar-refractivity contribution in [1.29, 1.82) is 0 Å². The smallest absolute Gasteiger partial charge is 0.241 e. The van der Waals surface area contributed by atoms with E-state index in [1.54, 1.807) is 30.1 Å². The van der Waals surface area contributed by atoms with Crippen LogP contribution < -0.4 is 5.32 Å². The predicted molar refractivity (Wildman–Crippen MR) is 81.5 cm³/mol. The highest BCUT2D eigenvalue weighted by atomic mass is 32.2. The normalized spacial score (nSPS) is 21.1. The monoisotopic (exact) mass is 290 g/mol. The van der Waals surface area contributed by atoms with Crippen LogP contribution in [0.4, 0.5) is 5.82 Å². The fourth-order valence-electron chi connectivity index (χ4n) is 2.00. The van der Waals surface area contributed by atoms with Crippen LogP contribution in [0.3, 0.4) is 0 Å². The van der Waals surface area contributed by atoms with Crippen LogP contribution in [-0.2, 0) is 4.79 Å². The van der Waals surface area contributed by atoms with Gasteiger partial charge < -0.3 is 10.4 Å². The van der Waals surface area contributed by atoms with Crippen molar-refractivity contribution in [2.24, 2.45) is 0 Å². The van der Waals surface area contributed by atoms with E-state index < -0.39 is 0 Å². The Balaban J connectivity index is 2.05. The van der Waals surface area contributed by atoms with Crippen molar-refractivity contribution < 1.29 is 9.90 Å². The predicted octanol–water partition coefficient (Wildman–Crippen LogP) is 2.04. The molecule has 0 aliphatic carbocycles. The lowest BCUT2D eigenvalue weighted by atomic mass is 10.1. The lowest BCUT2D eigenvalue weighted by Gasteiger charge is -2.21. The van der Waals surface area contributed by atoms with Crippen LogP contribution in [0.25, 0.3) is 0 Å². The molecule has 1 amide bonds. The molecule has 4 nitrogen and oxygen atoms in total. The zero-order valence-corrected chi connectivity index (χ0v) is 12.3. The summed E-state index contributed by atoms with van der Waals surface area (Å²) < 4.78 is -0.347. The number of carbonyl (C=O) groups excluding carboxylic acids is 1. The van der Waals surface area contributed by atoms with E-state index in [0.717, 1.165) is 24.2 Å². The number of anilines is 1. The lowest BCUT2D eigenvalue weighted by Crippen LogP contribution is -2.34. The summed E-state index contributed by atoms with van der Waals surface area (Å²) in [5.41, 5.74) is 0.785. The maximum atomic E-state index is 12.3. The molecule has 2 rings (SSSR count). The molecule has 20 heavy (non-hydrogen) atoms. The van der Waals surface area contributed by atoms with Gasteiger partial charge in [0.25, 0.3) is 0 Å². The zero-order chi connectivity index (χ0) is 14.4. The Labute approximate surface area is 123 Å². The van der Waals surface area contributed by atoms with Crippen molar-refractivity contribution in [3.63, 3.8) is 0 Å². The van der Waals surface area contributed by atoms with Gasteiger partial charge in [-0.1, -0.05) is 11.8 Å². The first-order chi connectivity index (χ1) is 9.64. The summed E-state index contributed by atoms with van der Waals surface area (Å²) in [5.74, 6) is 7.35. The summed E-state index contributed by atoms with van der Waals surface area (Å²) >= 11 is 1.70. The van der Waals surface area contributed by atoms with Gasteiger partial charge in [0.2, 0.25) is 5.91 Å². The Morgan fingerprint density at radius 2 is 2.50 bits per heavy atom. The van der Waals surface area contributed by atoms with Crippen molar-refractivity contribution >= 4 is 23.5 Å². The molecule has 1 aliphatic rings. The summed E-state index contributed by atoms with van der Waals surface area (Å²) in [6.45, 7) is 2.03. The Kier molecular flexibility index (Phi) is 5.05. The van der Waals surface area contributed by atoms with Crippen LogP contribution in [-0.4, -0.2) is 33.1 Å². The molecule has 1 aliphatic heterocycles. The number of hydrogen-bond donors (Lipinski definition) is 2. The number of nitrogens with one attached hydrogen (secondary N) is 1. The van der Waals surface area contributed by atoms with Gasteiger partial charge in [-0.15, -0.1) is 11.8 Å². The third-order valence-electron chi connectivity index (χ3n) is 3.17. The van der Waals surface area contributed by atoms with E-state index >= 15 is 0 Å². The topological polar surface area (TPSA) is 62.2 Å². The van der Waals surface area contributed by atoms with E-state index in [4.69, 9.17) is 5.11 Å². The summed E-state index contributed by atoms with van der Waals surface area (Å²) in [7, 11) is 0. The van der Waals surface area contributed by atoms with Gasteiger partial charge in [-0.25, -0.2) is 4.98 Å². The molecule has 1 fully saturated rings. The van der Waals surface area contributed by atoms with E-state index in [9.17, 15) is 4.79 Å². The molecule has 0 bridgehead atoms. The minimum Gasteiger partial charge on any atom is -0.395 e. The van der Waals surface area contributed by atoms with Crippen molar-refractivity contribution in [1.82, 2.24) is 4.98 Å². The highest BCUT2D eigenvalue weighted by Gasteiger charge is 2.37. The van der Waals surface area contributed by atoms with E-state index in [2.05, 4.69) is 22.1 Å². The molecule has 0 aromatic carbocycles. The number of hydrogen-bond acceptors (Lipinski definition) is 4. The van der Waals surface area contributed by atoms with E-state index in [-0.39, 0.29) is 17.3 Å². The Hall–Kier alpha value is -1.51. The maximum Gasteiger partial charge on any atom is 0.241 e.